The molecule has 0 aliphatic carbocycles. The molecule has 0 unspecified atom stereocenters. The summed E-state index contributed by atoms with van der Waals surface area (Å²) in [6, 6.07) is 0. The topological polar surface area (TPSA) is 51.0 Å². The zero-order valence-corrected chi connectivity index (χ0v) is 11.4. The van der Waals surface area contributed by atoms with Gasteiger partial charge in [-0.15, -0.1) is 11.3 Å². The minimum absolute atomic E-state index is 0.165. The van der Waals surface area contributed by atoms with Gasteiger partial charge >= 0.3 is 0 Å². The van der Waals surface area contributed by atoms with Crippen molar-refractivity contribution in [2.75, 3.05) is 0 Å². The van der Waals surface area contributed by atoms with E-state index in [4.69, 9.17) is 4.42 Å². The Kier molecular flexibility index (Phi) is 3.31. The Morgan fingerprint density at radius 1 is 1.29 bits per heavy atom. The van der Waals surface area contributed by atoms with Crippen LogP contribution in [-0.2, 0) is 12.1 Å². The van der Waals surface area contributed by atoms with Gasteiger partial charge in [0.25, 0.3) is 0 Å². The van der Waals surface area contributed by atoms with Crippen molar-refractivity contribution in [2.45, 2.75) is 39.8 Å². The zero-order chi connectivity index (χ0) is 12.5. The molecule has 4 nitrogen and oxygen atoms in total. The molecule has 2 aromatic rings. The monoisotopic (exact) mass is 251 g/mol. The largest absolute Gasteiger partial charge is 0.445 e. The van der Waals surface area contributed by atoms with Gasteiger partial charge < -0.3 is 4.42 Å². The Morgan fingerprint density at radius 3 is 2.59 bits per heavy atom. The fourth-order valence-electron chi connectivity index (χ4n) is 1.50. The fourth-order valence-corrected chi connectivity index (χ4v) is 2.34. The van der Waals surface area contributed by atoms with Gasteiger partial charge in [-0.1, -0.05) is 0 Å². The third kappa shape index (κ3) is 2.92. The summed E-state index contributed by atoms with van der Waals surface area (Å²) in [4.78, 5) is 9.81. The molecule has 0 radical (unpaired) electrons. The number of nitrogens with zero attached hydrogens (tertiary/aromatic N) is 2. The summed E-state index contributed by atoms with van der Waals surface area (Å²) in [5.74, 6) is 1.55. The predicted octanol–water partition coefficient (Wildman–Crippen LogP) is 2.77. The van der Waals surface area contributed by atoms with Gasteiger partial charge in [-0.3, -0.25) is 5.32 Å². The summed E-state index contributed by atoms with van der Waals surface area (Å²) in [6.45, 7) is 8.79. The molecule has 17 heavy (non-hydrogen) atoms. The van der Waals surface area contributed by atoms with Gasteiger partial charge in [0.05, 0.1) is 18.3 Å². The molecule has 92 valence electrons. The lowest BCUT2D eigenvalue weighted by Gasteiger charge is -2.22. The molecular weight excluding hydrogens is 234 g/mol. The van der Waals surface area contributed by atoms with E-state index in [0.717, 1.165) is 10.8 Å². The van der Waals surface area contributed by atoms with Gasteiger partial charge in [-0.25, -0.2) is 9.97 Å². The summed E-state index contributed by atoms with van der Waals surface area (Å²) in [5.41, 5.74) is -0.165. The minimum atomic E-state index is -0.165. The quantitative estimate of drug-likeness (QED) is 0.907. The molecule has 0 aliphatic rings. The Hall–Kier alpha value is -1.20. The standard InChI is InChI=1S/C12H17N3OS/c1-8-5-13-10(16-8)7-15-12(3,4)11-14-6-9(2)17-11/h5-6,15H,7H2,1-4H3. The lowest BCUT2D eigenvalue weighted by molar-refractivity contribution is 0.359. The number of oxazole rings is 1. The maximum absolute atomic E-state index is 5.43. The molecule has 0 aromatic carbocycles. The molecule has 5 heteroatoms. The van der Waals surface area contributed by atoms with E-state index in [9.17, 15) is 0 Å². The maximum atomic E-state index is 5.43. The molecular formula is C12H17N3OS. The van der Waals surface area contributed by atoms with Crippen molar-refractivity contribution in [1.29, 1.82) is 0 Å². The minimum Gasteiger partial charge on any atom is -0.445 e. The van der Waals surface area contributed by atoms with Crippen molar-refractivity contribution in [3.05, 3.63) is 33.9 Å². The van der Waals surface area contributed by atoms with Gasteiger partial charge in [0.15, 0.2) is 0 Å². The van der Waals surface area contributed by atoms with E-state index in [0.29, 0.717) is 12.4 Å². The molecule has 0 spiro atoms. The predicted molar refractivity (Wildman–Crippen MR) is 68.0 cm³/mol. The highest BCUT2D eigenvalue weighted by molar-refractivity contribution is 7.11. The van der Waals surface area contributed by atoms with Crippen molar-refractivity contribution in [1.82, 2.24) is 15.3 Å². The molecule has 0 saturated carbocycles. The van der Waals surface area contributed by atoms with E-state index in [1.165, 1.54) is 4.88 Å². The second kappa shape index (κ2) is 4.58. The maximum Gasteiger partial charge on any atom is 0.208 e. The SMILES string of the molecule is Cc1cnc(CNC(C)(C)c2ncc(C)s2)o1. The lowest BCUT2D eigenvalue weighted by atomic mass is 10.1. The highest BCUT2D eigenvalue weighted by Gasteiger charge is 2.23. The van der Waals surface area contributed by atoms with Crippen LogP contribution in [0.15, 0.2) is 16.8 Å². The van der Waals surface area contributed by atoms with Crippen molar-refractivity contribution in [2.24, 2.45) is 0 Å². The van der Waals surface area contributed by atoms with Crippen molar-refractivity contribution in [3.8, 4) is 0 Å². The van der Waals surface area contributed by atoms with Crippen LogP contribution >= 0.6 is 11.3 Å². The molecule has 0 bridgehead atoms. The Balaban J connectivity index is 2.02. The third-order valence-electron chi connectivity index (χ3n) is 2.51. The summed E-state index contributed by atoms with van der Waals surface area (Å²) in [7, 11) is 0. The van der Waals surface area contributed by atoms with E-state index < -0.39 is 0 Å². The smallest absolute Gasteiger partial charge is 0.208 e. The fraction of sp³-hybridized carbons (Fsp3) is 0.500. The van der Waals surface area contributed by atoms with E-state index in [1.54, 1.807) is 17.5 Å². The molecule has 2 aromatic heterocycles. The second-order valence-corrected chi connectivity index (χ2v) is 5.85. The van der Waals surface area contributed by atoms with Crippen LogP contribution in [-0.4, -0.2) is 9.97 Å². The third-order valence-corrected chi connectivity index (χ3v) is 3.74. The first-order valence-electron chi connectivity index (χ1n) is 5.56. The van der Waals surface area contributed by atoms with Crippen LogP contribution < -0.4 is 5.32 Å². The number of aryl methyl sites for hydroxylation is 2. The van der Waals surface area contributed by atoms with Crippen molar-refractivity contribution >= 4 is 11.3 Å². The van der Waals surface area contributed by atoms with Gasteiger partial charge in [0, 0.05) is 11.1 Å². The van der Waals surface area contributed by atoms with Gasteiger partial charge in [0.1, 0.15) is 10.8 Å². The molecule has 0 fully saturated rings. The van der Waals surface area contributed by atoms with Crippen LogP contribution in [0.2, 0.25) is 0 Å². The van der Waals surface area contributed by atoms with E-state index in [-0.39, 0.29) is 5.54 Å². The zero-order valence-electron chi connectivity index (χ0n) is 10.6. The Bertz CT molecular complexity index is 501. The molecule has 0 aliphatic heterocycles. The van der Waals surface area contributed by atoms with Gasteiger partial charge in [-0.2, -0.15) is 0 Å². The second-order valence-electron chi connectivity index (χ2n) is 4.62. The molecule has 0 atom stereocenters. The molecule has 2 heterocycles. The number of hydrogen-bond donors (Lipinski definition) is 1. The summed E-state index contributed by atoms with van der Waals surface area (Å²) < 4.78 is 5.43. The van der Waals surface area contributed by atoms with Crippen LogP contribution in [0, 0.1) is 13.8 Å². The van der Waals surface area contributed by atoms with Gasteiger partial charge in [0.2, 0.25) is 5.89 Å². The van der Waals surface area contributed by atoms with E-state index >= 15 is 0 Å². The van der Waals surface area contributed by atoms with Crippen molar-refractivity contribution in [3.63, 3.8) is 0 Å². The molecule has 0 amide bonds. The first kappa shape index (κ1) is 12.3. The van der Waals surface area contributed by atoms with Crippen molar-refractivity contribution < 1.29 is 4.42 Å². The highest BCUT2D eigenvalue weighted by atomic mass is 32.1. The van der Waals surface area contributed by atoms with E-state index in [2.05, 4.69) is 36.1 Å². The van der Waals surface area contributed by atoms with Crippen LogP contribution in [0.1, 0.15) is 35.4 Å². The first-order valence-corrected chi connectivity index (χ1v) is 6.38. The summed E-state index contributed by atoms with van der Waals surface area (Å²) in [5, 5.41) is 4.49. The highest BCUT2D eigenvalue weighted by Crippen LogP contribution is 2.25. The van der Waals surface area contributed by atoms with Gasteiger partial charge in [-0.05, 0) is 27.7 Å². The number of thiazole rings is 1. The summed E-state index contributed by atoms with van der Waals surface area (Å²) in [6.07, 6.45) is 3.64. The summed E-state index contributed by atoms with van der Waals surface area (Å²) >= 11 is 1.71. The van der Waals surface area contributed by atoms with Crippen LogP contribution in [0.5, 0.6) is 0 Å². The molecule has 2 rings (SSSR count). The molecule has 0 saturated heterocycles. The van der Waals surface area contributed by atoms with Crippen LogP contribution in [0.3, 0.4) is 0 Å². The lowest BCUT2D eigenvalue weighted by Crippen LogP contribution is -2.35. The first-order chi connectivity index (χ1) is 7.97. The Labute approximate surface area is 105 Å². The molecule has 1 N–H and O–H groups in total. The number of hydrogen-bond acceptors (Lipinski definition) is 5. The number of nitrogens with one attached hydrogen (secondary N) is 1. The number of aromatic nitrogens is 2. The Morgan fingerprint density at radius 2 is 2.06 bits per heavy atom. The average molecular weight is 251 g/mol. The normalized spacial score (nSPS) is 12.0. The number of rotatable bonds is 4. The van der Waals surface area contributed by atoms with Crippen LogP contribution in [0.25, 0.3) is 0 Å². The van der Waals surface area contributed by atoms with Crippen LogP contribution in [0.4, 0.5) is 0 Å². The average Bonchev–Trinajstić information content (AvgIpc) is 2.85. The van der Waals surface area contributed by atoms with E-state index in [1.807, 2.05) is 13.1 Å².